The Morgan fingerprint density at radius 2 is 2.11 bits per heavy atom. The van der Waals surface area contributed by atoms with Crippen molar-refractivity contribution in [2.75, 3.05) is 11.4 Å². The Balaban J connectivity index is 2.30. The summed E-state index contributed by atoms with van der Waals surface area (Å²) in [5, 5.41) is 11.9. The van der Waals surface area contributed by atoms with Gasteiger partial charge in [0.15, 0.2) is 0 Å². The van der Waals surface area contributed by atoms with Gasteiger partial charge in [0.2, 0.25) is 0 Å². The molecule has 100 valence electrons. The molecule has 1 unspecified atom stereocenters. The molecule has 1 N–H and O–H groups in total. The lowest BCUT2D eigenvalue weighted by Crippen LogP contribution is -2.32. The molecule has 0 saturated heterocycles. The van der Waals surface area contributed by atoms with Crippen LogP contribution in [0.5, 0.6) is 0 Å². The van der Waals surface area contributed by atoms with Gasteiger partial charge < -0.3 is 10.0 Å². The van der Waals surface area contributed by atoms with Gasteiger partial charge in [0.05, 0.1) is 6.04 Å². The van der Waals surface area contributed by atoms with Crippen molar-refractivity contribution in [3.63, 3.8) is 0 Å². The van der Waals surface area contributed by atoms with Crippen molar-refractivity contribution in [2.45, 2.75) is 19.9 Å². The molecule has 0 bridgehead atoms. The summed E-state index contributed by atoms with van der Waals surface area (Å²) in [4.78, 5) is 17.2. The first kappa shape index (κ1) is 13.5. The number of hydrogen-bond donors (Lipinski definition) is 1. The molecule has 0 fully saturated rings. The zero-order valence-corrected chi connectivity index (χ0v) is 11.7. The van der Waals surface area contributed by atoms with E-state index in [9.17, 15) is 4.79 Å². The second-order valence-electron chi connectivity index (χ2n) is 4.40. The summed E-state index contributed by atoms with van der Waals surface area (Å²) in [6.07, 6.45) is 1.74. The van der Waals surface area contributed by atoms with Crippen molar-refractivity contribution in [1.29, 1.82) is 0 Å². The second-order valence-corrected chi connectivity index (χ2v) is 5.33. The number of carboxylic acid groups (broad SMARTS) is 1. The van der Waals surface area contributed by atoms with Gasteiger partial charge in [-0.25, -0.2) is 4.98 Å². The lowest BCUT2D eigenvalue weighted by molar-refractivity contribution is -0.135. The minimum atomic E-state index is -0.844. The first-order chi connectivity index (χ1) is 9.08. The smallest absolute Gasteiger partial charge is 0.323 e. The number of carboxylic acids is 1. The number of aryl methyl sites for hydroxylation is 1. The van der Waals surface area contributed by atoms with Crippen LogP contribution in [0.4, 0.5) is 5.69 Å². The van der Waals surface area contributed by atoms with E-state index in [1.54, 1.807) is 6.20 Å². The van der Waals surface area contributed by atoms with Crippen LogP contribution in [0.2, 0.25) is 0 Å². The summed E-state index contributed by atoms with van der Waals surface area (Å²) in [7, 11) is 0. The average Bonchev–Trinajstić information content (AvgIpc) is 2.90. The van der Waals surface area contributed by atoms with E-state index in [1.165, 1.54) is 11.3 Å². The molecule has 2 rings (SSSR count). The molecule has 1 heterocycles. The normalized spacial score (nSPS) is 12.1. The van der Waals surface area contributed by atoms with Crippen LogP contribution in [0.3, 0.4) is 0 Å². The summed E-state index contributed by atoms with van der Waals surface area (Å²) < 4.78 is 0. The second kappa shape index (κ2) is 5.84. The van der Waals surface area contributed by atoms with E-state index < -0.39 is 5.97 Å². The quantitative estimate of drug-likeness (QED) is 0.911. The van der Waals surface area contributed by atoms with E-state index in [0.29, 0.717) is 0 Å². The molecule has 0 radical (unpaired) electrons. The number of thiazole rings is 1. The molecule has 1 aromatic heterocycles. The van der Waals surface area contributed by atoms with Crippen LogP contribution in [0, 0.1) is 6.92 Å². The van der Waals surface area contributed by atoms with Crippen molar-refractivity contribution in [3.8, 4) is 0 Å². The van der Waals surface area contributed by atoms with Crippen LogP contribution < -0.4 is 4.90 Å². The molecular formula is C14H16N2O2S. The average molecular weight is 276 g/mol. The number of hydrogen-bond acceptors (Lipinski definition) is 4. The molecule has 0 amide bonds. The van der Waals surface area contributed by atoms with Crippen molar-refractivity contribution in [3.05, 3.63) is 46.4 Å². The topological polar surface area (TPSA) is 53.4 Å². The van der Waals surface area contributed by atoms with E-state index in [2.05, 4.69) is 4.98 Å². The number of aromatic nitrogens is 1. The van der Waals surface area contributed by atoms with Crippen LogP contribution in [-0.2, 0) is 4.79 Å². The minimum Gasteiger partial charge on any atom is -0.480 e. The number of nitrogens with zero attached hydrogens (tertiary/aromatic N) is 2. The largest absolute Gasteiger partial charge is 0.480 e. The number of rotatable bonds is 5. The van der Waals surface area contributed by atoms with E-state index in [4.69, 9.17) is 5.11 Å². The fourth-order valence-corrected chi connectivity index (χ4v) is 2.61. The molecule has 1 aromatic carbocycles. The van der Waals surface area contributed by atoms with Crippen molar-refractivity contribution >= 4 is 23.0 Å². The van der Waals surface area contributed by atoms with Gasteiger partial charge >= 0.3 is 5.97 Å². The summed E-state index contributed by atoms with van der Waals surface area (Å²) >= 11 is 1.54. The molecule has 0 saturated carbocycles. The number of benzene rings is 1. The predicted octanol–water partition coefficient (Wildman–Crippen LogP) is 3.10. The van der Waals surface area contributed by atoms with Crippen LogP contribution >= 0.6 is 11.3 Å². The molecule has 0 aliphatic rings. The molecule has 19 heavy (non-hydrogen) atoms. The van der Waals surface area contributed by atoms with E-state index in [-0.39, 0.29) is 12.6 Å². The summed E-state index contributed by atoms with van der Waals surface area (Å²) in [6, 6.07) is 7.81. The van der Waals surface area contributed by atoms with Crippen LogP contribution in [-0.4, -0.2) is 22.6 Å². The maximum absolute atomic E-state index is 11.1. The molecule has 0 aliphatic carbocycles. The van der Waals surface area contributed by atoms with E-state index in [1.807, 2.05) is 48.4 Å². The molecule has 0 spiro atoms. The lowest BCUT2D eigenvalue weighted by atomic mass is 10.2. The Hall–Kier alpha value is -1.88. The maximum Gasteiger partial charge on any atom is 0.323 e. The first-order valence-corrected chi connectivity index (χ1v) is 6.90. The predicted molar refractivity (Wildman–Crippen MR) is 76.7 cm³/mol. The van der Waals surface area contributed by atoms with Crippen LogP contribution in [0.25, 0.3) is 0 Å². The molecule has 5 heteroatoms. The lowest BCUT2D eigenvalue weighted by Gasteiger charge is -2.28. The van der Waals surface area contributed by atoms with E-state index in [0.717, 1.165) is 16.3 Å². The summed E-state index contributed by atoms with van der Waals surface area (Å²) in [5.41, 5.74) is 2.05. The van der Waals surface area contributed by atoms with Crippen LogP contribution in [0.1, 0.15) is 23.5 Å². The molecule has 4 nitrogen and oxygen atoms in total. The highest BCUT2D eigenvalue weighted by atomic mass is 32.1. The monoisotopic (exact) mass is 276 g/mol. The van der Waals surface area contributed by atoms with Gasteiger partial charge in [-0.1, -0.05) is 17.7 Å². The SMILES string of the molecule is Cc1ccc(N(CC(=O)O)C(C)c2nccs2)cc1. The molecular weight excluding hydrogens is 260 g/mol. The third-order valence-electron chi connectivity index (χ3n) is 2.95. The van der Waals surface area contributed by atoms with Gasteiger partial charge in [0.1, 0.15) is 11.6 Å². The van der Waals surface area contributed by atoms with Crippen molar-refractivity contribution in [1.82, 2.24) is 4.98 Å². The zero-order chi connectivity index (χ0) is 13.8. The van der Waals surface area contributed by atoms with Crippen molar-refractivity contribution in [2.24, 2.45) is 0 Å². The van der Waals surface area contributed by atoms with Gasteiger partial charge in [-0.2, -0.15) is 0 Å². The highest BCUT2D eigenvalue weighted by molar-refractivity contribution is 7.09. The first-order valence-electron chi connectivity index (χ1n) is 6.02. The minimum absolute atomic E-state index is 0.0379. The zero-order valence-electron chi connectivity index (χ0n) is 10.9. The highest BCUT2D eigenvalue weighted by Gasteiger charge is 2.20. The third kappa shape index (κ3) is 3.32. The number of anilines is 1. The Kier molecular flexibility index (Phi) is 4.16. The molecule has 2 aromatic rings. The summed E-state index contributed by atoms with van der Waals surface area (Å²) in [5.74, 6) is -0.844. The standard InChI is InChI=1S/C14H16N2O2S/c1-10-3-5-12(6-4-10)16(9-13(17)18)11(2)14-15-7-8-19-14/h3-8,11H,9H2,1-2H3,(H,17,18). The Morgan fingerprint density at radius 3 is 2.63 bits per heavy atom. The Labute approximate surface area is 116 Å². The fourth-order valence-electron chi connectivity index (χ4n) is 1.91. The number of aliphatic carboxylic acids is 1. The van der Waals surface area contributed by atoms with Gasteiger partial charge in [-0.15, -0.1) is 11.3 Å². The Bertz CT molecular complexity index is 537. The summed E-state index contributed by atoms with van der Waals surface area (Å²) in [6.45, 7) is 3.95. The van der Waals surface area contributed by atoms with Crippen molar-refractivity contribution < 1.29 is 9.90 Å². The van der Waals surface area contributed by atoms with Gasteiger partial charge in [-0.3, -0.25) is 4.79 Å². The number of carbonyl (C=O) groups is 1. The van der Waals surface area contributed by atoms with Gasteiger partial charge in [0.25, 0.3) is 0 Å². The highest BCUT2D eigenvalue weighted by Crippen LogP contribution is 2.27. The maximum atomic E-state index is 11.1. The third-order valence-corrected chi connectivity index (χ3v) is 3.89. The fraction of sp³-hybridized carbons (Fsp3) is 0.286. The molecule has 1 atom stereocenters. The van der Waals surface area contributed by atoms with Gasteiger partial charge in [-0.05, 0) is 26.0 Å². The van der Waals surface area contributed by atoms with Gasteiger partial charge in [0, 0.05) is 17.3 Å². The molecule has 0 aliphatic heterocycles. The van der Waals surface area contributed by atoms with E-state index >= 15 is 0 Å². The Morgan fingerprint density at radius 1 is 1.42 bits per heavy atom. The van der Waals surface area contributed by atoms with Crippen LogP contribution in [0.15, 0.2) is 35.8 Å².